The molecule has 0 unspecified atom stereocenters. The second-order valence-corrected chi connectivity index (χ2v) is 17.1. The number of nitrogens with zero attached hydrogens (tertiary/aromatic N) is 3. The third kappa shape index (κ3) is 5.57. The Morgan fingerprint density at radius 1 is 0.364 bits per heavy atom. The van der Waals surface area contributed by atoms with Crippen molar-refractivity contribution in [3.63, 3.8) is 0 Å². The van der Waals surface area contributed by atoms with Crippen LogP contribution in [0, 0.1) is 11.3 Å². The van der Waals surface area contributed by atoms with E-state index in [1.165, 1.54) is 22.3 Å². The van der Waals surface area contributed by atoms with Gasteiger partial charge in [0.25, 0.3) is 0 Å². The zero-order valence-corrected chi connectivity index (χ0v) is 35.8. The van der Waals surface area contributed by atoms with E-state index in [0.29, 0.717) is 5.56 Å². The molecule has 10 aromatic carbocycles. The summed E-state index contributed by atoms with van der Waals surface area (Å²) in [5.74, 6) is 0. The Hall–Kier alpha value is -8.91. The Bertz CT molecular complexity index is 3690. The van der Waals surface area contributed by atoms with Crippen LogP contribution in [-0.2, 0) is 5.41 Å². The molecule has 66 heavy (non-hydrogen) atoms. The maximum absolute atomic E-state index is 10.6. The highest BCUT2D eigenvalue weighted by Crippen LogP contribution is 2.66. The summed E-state index contributed by atoms with van der Waals surface area (Å²) in [6.45, 7) is 0. The lowest BCUT2D eigenvalue weighted by atomic mass is 9.70. The van der Waals surface area contributed by atoms with Crippen molar-refractivity contribution in [3.05, 3.63) is 264 Å². The third-order valence-electron chi connectivity index (χ3n) is 13.6. The van der Waals surface area contributed by atoms with E-state index in [1.54, 1.807) is 0 Å². The SMILES string of the molecule is N#Cc1ccc2c(c1)C1(c3ccccc3-c3ccccc31)c1cc(N(c3ccccc3)c3ccc4oc5ccccc5c4c3)cc(N(c3ccccc3)c3cccc(-c4ccccc4)c3)c1-2. The van der Waals surface area contributed by atoms with Crippen molar-refractivity contribution in [2.24, 2.45) is 0 Å². The molecule has 0 saturated heterocycles. The number of para-hydroxylation sites is 3. The second kappa shape index (κ2) is 14.8. The van der Waals surface area contributed by atoms with Gasteiger partial charge in [-0.3, -0.25) is 0 Å². The van der Waals surface area contributed by atoms with Crippen LogP contribution in [-0.4, -0.2) is 0 Å². The van der Waals surface area contributed by atoms with Crippen molar-refractivity contribution in [3.8, 4) is 39.4 Å². The molecule has 1 spiro atoms. The van der Waals surface area contributed by atoms with Gasteiger partial charge in [-0.15, -0.1) is 0 Å². The van der Waals surface area contributed by atoms with Crippen LogP contribution >= 0.6 is 0 Å². The summed E-state index contributed by atoms with van der Waals surface area (Å²) in [6, 6.07) is 87.0. The van der Waals surface area contributed by atoms with Crippen LogP contribution in [0.5, 0.6) is 0 Å². The van der Waals surface area contributed by atoms with Gasteiger partial charge in [0, 0.05) is 44.8 Å². The Morgan fingerprint density at radius 2 is 0.955 bits per heavy atom. The first-order valence-corrected chi connectivity index (χ1v) is 22.4. The van der Waals surface area contributed by atoms with E-state index in [-0.39, 0.29) is 0 Å². The summed E-state index contributed by atoms with van der Waals surface area (Å²) >= 11 is 0. The summed E-state index contributed by atoms with van der Waals surface area (Å²) in [6.07, 6.45) is 0. The number of hydrogen-bond acceptors (Lipinski definition) is 4. The number of anilines is 6. The van der Waals surface area contributed by atoms with Gasteiger partial charge in [0.05, 0.1) is 22.7 Å². The Balaban J connectivity index is 1.18. The van der Waals surface area contributed by atoms with Crippen LogP contribution in [0.3, 0.4) is 0 Å². The average molecular weight is 842 g/mol. The van der Waals surface area contributed by atoms with Gasteiger partial charge in [0.15, 0.2) is 0 Å². The van der Waals surface area contributed by atoms with Crippen molar-refractivity contribution < 1.29 is 4.42 Å². The van der Waals surface area contributed by atoms with Gasteiger partial charge < -0.3 is 14.2 Å². The van der Waals surface area contributed by atoms with Crippen molar-refractivity contribution in [1.29, 1.82) is 5.26 Å². The molecule has 0 bridgehead atoms. The molecule has 0 fully saturated rings. The lowest BCUT2D eigenvalue weighted by Gasteiger charge is -2.34. The monoisotopic (exact) mass is 841 g/mol. The number of benzene rings is 10. The Morgan fingerprint density at radius 3 is 1.68 bits per heavy atom. The summed E-state index contributed by atoms with van der Waals surface area (Å²) in [4.78, 5) is 4.82. The van der Waals surface area contributed by atoms with Crippen LogP contribution < -0.4 is 9.80 Å². The van der Waals surface area contributed by atoms with Gasteiger partial charge in [0.1, 0.15) is 11.2 Å². The van der Waals surface area contributed by atoms with E-state index in [0.717, 1.165) is 89.4 Å². The van der Waals surface area contributed by atoms with Gasteiger partial charge in [-0.05, 0) is 135 Å². The maximum atomic E-state index is 10.6. The van der Waals surface area contributed by atoms with Crippen LogP contribution in [0.2, 0.25) is 0 Å². The van der Waals surface area contributed by atoms with Crippen molar-refractivity contribution in [1.82, 2.24) is 0 Å². The molecule has 1 heterocycles. The number of rotatable bonds is 7. The molecule has 0 radical (unpaired) electrons. The molecule has 0 N–H and O–H groups in total. The van der Waals surface area contributed by atoms with Crippen molar-refractivity contribution in [2.45, 2.75) is 5.41 Å². The maximum Gasteiger partial charge on any atom is 0.135 e. The first-order valence-electron chi connectivity index (χ1n) is 22.4. The molecule has 11 aromatic rings. The van der Waals surface area contributed by atoms with Gasteiger partial charge in [0.2, 0.25) is 0 Å². The molecule has 4 heteroatoms. The molecule has 0 saturated carbocycles. The van der Waals surface area contributed by atoms with E-state index < -0.39 is 5.41 Å². The smallest absolute Gasteiger partial charge is 0.135 e. The summed E-state index contributed by atoms with van der Waals surface area (Å²) < 4.78 is 6.39. The summed E-state index contributed by atoms with van der Waals surface area (Å²) in [5, 5.41) is 12.7. The van der Waals surface area contributed by atoms with E-state index in [4.69, 9.17) is 4.42 Å². The first-order chi connectivity index (χ1) is 32.7. The van der Waals surface area contributed by atoms with Gasteiger partial charge in [-0.25, -0.2) is 0 Å². The van der Waals surface area contributed by atoms with Crippen molar-refractivity contribution in [2.75, 3.05) is 9.80 Å². The molecule has 2 aliphatic rings. The van der Waals surface area contributed by atoms with Crippen molar-refractivity contribution >= 4 is 56.1 Å². The Labute approximate surface area is 383 Å². The highest BCUT2D eigenvalue weighted by molar-refractivity contribution is 6.07. The predicted molar refractivity (Wildman–Crippen MR) is 270 cm³/mol. The van der Waals surface area contributed by atoms with Gasteiger partial charge in [-0.1, -0.05) is 152 Å². The fraction of sp³-hybridized carbons (Fsp3) is 0.0161. The summed E-state index contributed by atoms with van der Waals surface area (Å²) in [7, 11) is 0. The Kier molecular flexibility index (Phi) is 8.46. The lowest BCUT2D eigenvalue weighted by molar-refractivity contribution is 0.669. The fourth-order valence-electron chi connectivity index (χ4n) is 10.9. The number of furan rings is 1. The molecule has 2 aliphatic carbocycles. The average Bonchev–Trinajstić information content (AvgIpc) is 4.01. The minimum Gasteiger partial charge on any atom is -0.456 e. The molecule has 0 atom stereocenters. The standard InChI is InChI=1S/C62H39N3O/c63-40-41-31-33-52-56(35-41)62(54-28-13-10-25-49(54)50-26-11-14-29-55(50)62)57-38-48(64(44-20-6-2-7-21-44)47-32-34-60-53(37-47)51-27-12-15-30-59(51)66-60)39-58(61(52)57)65(45-22-8-3-9-23-45)46-24-16-19-43(36-46)42-17-4-1-5-18-42/h1-39H. The minimum atomic E-state index is -0.739. The van der Waals surface area contributed by atoms with Gasteiger partial charge in [-0.2, -0.15) is 5.26 Å². The topological polar surface area (TPSA) is 43.4 Å². The van der Waals surface area contributed by atoms with Gasteiger partial charge >= 0.3 is 0 Å². The second-order valence-electron chi connectivity index (χ2n) is 17.1. The van der Waals surface area contributed by atoms with E-state index >= 15 is 0 Å². The summed E-state index contributed by atoms with van der Waals surface area (Å²) in [5.41, 5.74) is 19.3. The highest BCUT2D eigenvalue weighted by atomic mass is 16.3. The van der Waals surface area contributed by atoms with E-state index in [1.807, 2.05) is 18.2 Å². The van der Waals surface area contributed by atoms with Crippen LogP contribution in [0.25, 0.3) is 55.3 Å². The predicted octanol–water partition coefficient (Wildman–Crippen LogP) is 16.4. The molecule has 0 amide bonds. The van der Waals surface area contributed by atoms with E-state index in [2.05, 4.69) is 234 Å². The zero-order valence-electron chi connectivity index (χ0n) is 35.8. The van der Waals surface area contributed by atoms with Crippen LogP contribution in [0.1, 0.15) is 27.8 Å². The third-order valence-corrected chi connectivity index (χ3v) is 13.6. The molecular weight excluding hydrogens is 803 g/mol. The molecule has 1 aromatic heterocycles. The van der Waals surface area contributed by atoms with E-state index in [9.17, 15) is 5.26 Å². The zero-order chi connectivity index (χ0) is 43.8. The highest BCUT2D eigenvalue weighted by Gasteiger charge is 2.53. The number of hydrogen-bond donors (Lipinski definition) is 0. The van der Waals surface area contributed by atoms with Crippen LogP contribution in [0.4, 0.5) is 34.1 Å². The molecule has 308 valence electrons. The number of fused-ring (bicyclic) bond motifs is 13. The normalized spacial score (nSPS) is 12.7. The number of nitriles is 1. The largest absolute Gasteiger partial charge is 0.456 e. The fourth-order valence-corrected chi connectivity index (χ4v) is 10.9. The molecule has 0 aliphatic heterocycles. The van der Waals surface area contributed by atoms with Crippen LogP contribution in [0.15, 0.2) is 241 Å². The lowest BCUT2D eigenvalue weighted by Crippen LogP contribution is -2.26. The molecule has 4 nitrogen and oxygen atoms in total. The quantitative estimate of drug-likeness (QED) is 0.160. The minimum absolute atomic E-state index is 0.631. The first kappa shape index (κ1) is 37.6. The molecular formula is C62H39N3O. The molecule has 13 rings (SSSR count).